The number of piperazine rings is 1. The maximum absolute atomic E-state index is 12.6. The van der Waals surface area contributed by atoms with Crippen LogP contribution in [0.25, 0.3) is 20.4 Å². The zero-order valence-corrected chi connectivity index (χ0v) is 23.1. The van der Waals surface area contributed by atoms with Crippen LogP contribution in [0.3, 0.4) is 0 Å². The van der Waals surface area contributed by atoms with E-state index in [1.165, 1.54) is 30.6 Å². The average molecular weight is 580 g/mol. The maximum Gasteiger partial charge on any atom is 0.263 e. The molecule has 0 spiro atoms. The van der Waals surface area contributed by atoms with Gasteiger partial charge in [0.05, 0.1) is 15.1 Å². The molecular weight excluding hydrogens is 555 g/mol. The van der Waals surface area contributed by atoms with E-state index in [1.54, 1.807) is 36.0 Å². The Balaban J connectivity index is 1.19. The minimum Gasteiger partial charge on any atom is -0.405 e. The van der Waals surface area contributed by atoms with Crippen LogP contribution >= 0.6 is 23.6 Å². The fraction of sp³-hybridized carbons (Fsp3) is 0.160. The Morgan fingerprint density at radius 1 is 1.13 bits per heavy atom. The van der Waals surface area contributed by atoms with Crippen LogP contribution in [0.5, 0.6) is 0 Å². The third kappa shape index (κ3) is 5.82. The second-order valence-corrected chi connectivity index (χ2v) is 11.5. The van der Waals surface area contributed by atoms with Gasteiger partial charge in [-0.3, -0.25) is 4.72 Å². The summed E-state index contributed by atoms with van der Waals surface area (Å²) < 4.78 is 28.5. The van der Waals surface area contributed by atoms with Gasteiger partial charge < -0.3 is 20.9 Å². The summed E-state index contributed by atoms with van der Waals surface area (Å²) in [6, 6.07) is 10.3. The van der Waals surface area contributed by atoms with Gasteiger partial charge >= 0.3 is 0 Å². The van der Waals surface area contributed by atoms with Crippen LogP contribution < -0.4 is 20.7 Å². The van der Waals surface area contributed by atoms with Gasteiger partial charge in [-0.2, -0.15) is 0 Å². The van der Waals surface area contributed by atoms with Crippen LogP contribution in [0.15, 0.2) is 83.5 Å². The molecule has 4 aromatic rings. The molecule has 4 heterocycles. The molecule has 1 aliphatic rings. The van der Waals surface area contributed by atoms with E-state index in [4.69, 9.17) is 18.0 Å². The summed E-state index contributed by atoms with van der Waals surface area (Å²) in [5.41, 5.74) is 6.83. The van der Waals surface area contributed by atoms with Crippen molar-refractivity contribution >= 4 is 76.8 Å². The zero-order valence-electron chi connectivity index (χ0n) is 20.7. The summed E-state index contributed by atoms with van der Waals surface area (Å²) in [6.07, 6.45) is 7.48. The molecule has 0 unspecified atom stereocenters. The minimum atomic E-state index is -3.83. The summed E-state index contributed by atoms with van der Waals surface area (Å²) >= 11 is 7.24. The van der Waals surface area contributed by atoms with Gasteiger partial charge in [0.15, 0.2) is 5.11 Å². The quantitative estimate of drug-likeness (QED) is 0.221. The number of nitrogens with two attached hydrogens (primary N) is 1. The number of rotatable bonds is 7. The van der Waals surface area contributed by atoms with Gasteiger partial charge in [0, 0.05) is 49.7 Å². The lowest BCUT2D eigenvalue weighted by Gasteiger charge is -2.36. The Morgan fingerprint density at radius 3 is 2.64 bits per heavy atom. The highest BCUT2D eigenvalue weighted by Crippen LogP contribution is 2.36. The van der Waals surface area contributed by atoms with Crippen molar-refractivity contribution < 1.29 is 8.42 Å². The molecule has 0 bridgehead atoms. The van der Waals surface area contributed by atoms with E-state index < -0.39 is 10.0 Å². The molecule has 39 heavy (non-hydrogen) atoms. The molecule has 1 fully saturated rings. The molecule has 0 saturated carbocycles. The number of pyridine rings is 1. The monoisotopic (exact) mass is 579 g/mol. The van der Waals surface area contributed by atoms with Crippen LogP contribution in [0.1, 0.15) is 0 Å². The zero-order chi connectivity index (χ0) is 27.4. The standard InChI is InChI=1S/C25H25N9O2S3/c1-17(27-11-3-9-26)32-39(35,36)19-7-5-18(6-8-19)31-25(37)34-14-12-33(13-15-34)23-22-21(29-16-30-23)20-4-2-10-28-24(20)38-22/h2-11,16,32H,1,12-15,26H2,(H,31,37)/b9-3-,27-11-. The second kappa shape index (κ2) is 11.3. The fourth-order valence-corrected chi connectivity index (χ4v) is 6.48. The van der Waals surface area contributed by atoms with E-state index in [0.717, 1.165) is 39.3 Å². The van der Waals surface area contributed by atoms with Crippen molar-refractivity contribution in [3.8, 4) is 0 Å². The number of thiocarbonyl (C=S) groups is 1. The van der Waals surface area contributed by atoms with Crippen molar-refractivity contribution in [3.63, 3.8) is 0 Å². The van der Waals surface area contributed by atoms with Crippen molar-refractivity contribution in [3.05, 3.63) is 73.6 Å². The number of hydrogen-bond acceptors (Lipinski definition) is 10. The molecule has 0 aliphatic carbocycles. The fourth-order valence-electron chi connectivity index (χ4n) is 4.09. The van der Waals surface area contributed by atoms with E-state index in [1.807, 2.05) is 12.1 Å². The number of fused-ring (bicyclic) bond motifs is 3. The molecule has 4 N–H and O–H groups in total. The second-order valence-electron chi connectivity index (χ2n) is 8.48. The van der Waals surface area contributed by atoms with Gasteiger partial charge in [0.25, 0.3) is 10.0 Å². The molecule has 11 nitrogen and oxygen atoms in total. The Labute approximate surface area is 234 Å². The van der Waals surface area contributed by atoms with E-state index in [0.29, 0.717) is 23.9 Å². The molecule has 0 amide bonds. The highest BCUT2D eigenvalue weighted by Gasteiger charge is 2.23. The number of hydrogen-bond donors (Lipinski definition) is 3. The van der Waals surface area contributed by atoms with Crippen molar-refractivity contribution in [2.45, 2.75) is 4.90 Å². The SMILES string of the molecule is C=C(/N=C\C=C/N)NS(=O)(=O)c1ccc(NC(=S)N2CCN(c3ncnc4c3sc3ncccc34)CC2)cc1. The predicted molar refractivity (Wildman–Crippen MR) is 160 cm³/mol. The topological polar surface area (TPSA) is 142 Å². The highest BCUT2D eigenvalue weighted by molar-refractivity contribution is 7.89. The first-order valence-corrected chi connectivity index (χ1v) is 14.6. The first-order valence-electron chi connectivity index (χ1n) is 11.9. The summed E-state index contributed by atoms with van der Waals surface area (Å²) in [6.45, 7) is 6.48. The molecule has 5 rings (SSSR count). The Bertz CT molecular complexity index is 1690. The Morgan fingerprint density at radius 2 is 1.90 bits per heavy atom. The number of sulfonamides is 1. The normalized spacial score (nSPS) is 14.5. The van der Waals surface area contributed by atoms with E-state index in [-0.39, 0.29) is 10.7 Å². The summed E-state index contributed by atoms with van der Waals surface area (Å²) in [4.78, 5) is 22.8. The van der Waals surface area contributed by atoms with E-state index in [2.05, 4.69) is 46.4 Å². The summed E-state index contributed by atoms with van der Waals surface area (Å²) in [5.74, 6) is 0.887. The summed E-state index contributed by atoms with van der Waals surface area (Å²) in [5, 5.41) is 4.81. The minimum absolute atomic E-state index is 0.0256. The van der Waals surface area contributed by atoms with Gasteiger partial charge in [-0.1, -0.05) is 6.58 Å². The lowest BCUT2D eigenvalue weighted by Crippen LogP contribution is -2.50. The molecular formula is C25H25N9O2S3. The van der Waals surface area contributed by atoms with Gasteiger partial charge in [-0.15, -0.1) is 11.3 Å². The smallest absolute Gasteiger partial charge is 0.263 e. The number of nitrogens with one attached hydrogen (secondary N) is 2. The van der Waals surface area contributed by atoms with Crippen LogP contribution in [0, 0.1) is 0 Å². The molecule has 1 aliphatic heterocycles. The lowest BCUT2D eigenvalue weighted by atomic mass is 10.2. The van der Waals surface area contributed by atoms with E-state index in [9.17, 15) is 8.42 Å². The van der Waals surface area contributed by atoms with Gasteiger partial charge in [-0.25, -0.2) is 28.4 Å². The lowest BCUT2D eigenvalue weighted by molar-refractivity contribution is 0.390. The van der Waals surface area contributed by atoms with Crippen LogP contribution in [-0.4, -0.2) is 65.8 Å². The molecule has 1 aromatic carbocycles. The van der Waals surface area contributed by atoms with Gasteiger partial charge in [0.2, 0.25) is 0 Å². The Kier molecular flexibility index (Phi) is 7.67. The molecule has 0 atom stereocenters. The highest BCUT2D eigenvalue weighted by atomic mass is 32.2. The molecule has 3 aromatic heterocycles. The Hall–Kier alpha value is -4.14. The molecule has 1 saturated heterocycles. The third-order valence-electron chi connectivity index (χ3n) is 5.97. The van der Waals surface area contributed by atoms with Gasteiger partial charge in [0.1, 0.15) is 22.8 Å². The number of anilines is 2. The summed E-state index contributed by atoms with van der Waals surface area (Å²) in [7, 11) is -3.83. The van der Waals surface area contributed by atoms with E-state index >= 15 is 0 Å². The molecule has 14 heteroatoms. The van der Waals surface area contributed by atoms with Crippen LogP contribution in [0.4, 0.5) is 11.5 Å². The van der Waals surface area contributed by atoms with Crippen molar-refractivity contribution in [1.82, 2.24) is 24.6 Å². The van der Waals surface area contributed by atoms with Crippen LogP contribution in [-0.2, 0) is 10.0 Å². The molecule has 200 valence electrons. The van der Waals surface area contributed by atoms with Crippen molar-refractivity contribution in [1.29, 1.82) is 0 Å². The van der Waals surface area contributed by atoms with Crippen molar-refractivity contribution in [2.75, 3.05) is 36.4 Å². The van der Waals surface area contributed by atoms with Gasteiger partial charge in [-0.05, 0) is 60.9 Å². The maximum atomic E-state index is 12.6. The molecule has 0 radical (unpaired) electrons. The van der Waals surface area contributed by atoms with Crippen LogP contribution in [0.2, 0.25) is 0 Å². The number of aromatic nitrogens is 3. The average Bonchev–Trinajstić information content (AvgIpc) is 3.32. The first-order chi connectivity index (χ1) is 18.9. The number of aliphatic imine (C=N–C) groups is 1. The number of thiophene rings is 1. The predicted octanol–water partition coefficient (Wildman–Crippen LogP) is 3.05. The number of benzene rings is 1. The number of nitrogens with zero attached hydrogens (tertiary/aromatic N) is 6. The largest absolute Gasteiger partial charge is 0.405 e. The first kappa shape index (κ1) is 26.5. The van der Waals surface area contributed by atoms with Crippen molar-refractivity contribution in [2.24, 2.45) is 10.7 Å². The number of allylic oxidation sites excluding steroid dienone is 1. The third-order valence-corrected chi connectivity index (χ3v) is 8.83.